The maximum atomic E-state index is 12.4. The number of aromatic nitrogens is 5. The number of hydrogen-bond acceptors (Lipinski definition) is 8. The zero-order valence-corrected chi connectivity index (χ0v) is 19.9. The van der Waals surface area contributed by atoms with Gasteiger partial charge in [-0.2, -0.15) is 0 Å². The topological polar surface area (TPSA) is 76.8 Å². The largest absolute Gasteiger partial charge is 0.274 e. The van der Waals surface area contributed by atoms with E-state index in [-0.39, 0.29) is 5.91 Å². The molecule has 0 aliphatic heterocycles. The number of amides is 1. The van der Waals surface area contributed by atoms with Crippen molar-refractivity contribution in [2.45, 2.75) is 44.6 Å². The van der Waals surface area contributed by atoms with Crippen LogP contribution in [-0.4, -0.2) is 31.1 Å². The highest BCUT2D eigenvalue weighted by molar-refractivity contribution is 7.98. The van der Waals surface area contributed by atoms with Gasteiger partial charge in [-0.15, -0.1) is 27.8 Å². The van der Waals surface area contributed by atoms with E-state index in [1.807, 2.05) is 42.1 Å². The van der Waals surface area contributed by atoms with E-state index in [1.54, 1.807) is 34.9 Å². The minimum Gasteiger partial charge on any atom is -0.274 e. The van der Waals surface area contributed by atoms with Crippen LogP contribution in [0.5, 0.6) is 0 Å². The summed E-state index contributed by atoms with van der Waals surface area (Å²) in [6.07, 6.45) is 0.903. The highest BCUT2D eigenvalue weighted by Crippen LogP contribution is 2.33. The Hall–Kier alpha value is -2.56. The van der Waals surface area contributed by atoms with Gasteiger partial charge in [-0.3, -0.25) is 9.69 Å². The zero-order valence-electron chi connectivity index (χ0n) is 17.5. The van der Waals surface area contributed by atoms with E-state index in [0.717, 1.165) is 40.6 Å². The minimum absolute atomic E-state index is 0.0558. The first-order valence-electron chi connectivity index (χ1n) is 9.75. The van der Waals surface area contributed by atoms with E-state index >= 15 is 0 Å². The molecule has 0 unspecified atom stereocenters. The Morgan fingerprint density at radius 3 is 2.84 bits per heavy atom. The molecule has 0 spiro atoms. The molecule has 1 amide bonds. The number of carbonyl (C=O) groups is 1. The van der Waals surface area contributed by atoms with E-state index in [4.69, 9.17) is 4.98 Å². The number of hydrogen-bond donors (Lipinski definition) is 0. The number of tetrazole rings is 1. The van der Waals surface area contributed by atoms with Gasteiger partial charge in [0.25, 0.3) is 0 Å². The average molecular weight is 471 g/mol. The first kappa shape index (κ1) is 21.7. The molecular formula is C21H22N6OS3. The summed E-state index contributed by atoms with van der Waals surface area (Å²) in [5.41, 5.74) is 3.99. The van der Waals surface area contributed by atoms with Gasteiger partial charge in [0.1, 0.15) is 0 Å². The summed E-state index contributed by atoms with van der Waals surface area (Å²) in [7, 11) is 0. The van der Waals surface area contributed by atoms with Crippen LogP contribution in [0.1, 0.15) is 28.6 Å². The van der Waals surface area contributed by atoms with Crippen LogP contribution >= 0.6 is 34.4 Å². The van der Waals surface area contributed by atoms with Gasteiger partial charge in [0, 0.05) is 29.4 Å². The number of aryl methyl sites for hydroxylation is 3. The quantitative estimate of drug-likeness (QED) is 0.336. The van der Waals surface area contributed by atoms with Gasteiger partial charge >= 0.3 is 0 Å². The van der Waals surface area contributed by atoms with Crippen LogP contribution in [0.15, 0.2) is 46.2 Å². The van der Waals surface area contributed by atoms with Crippen molar-refractivity contribution >= 4 is 51.2 Å². The smallest absolute Gasteiger partial charge is 0.230 e. The lowest BCUT2D eigenvalue weighted by Crippen LogP contribution is -2.23. The molecule has 10 heteroatoms. The first-order chi connectivity index (χ1) is 15.0. The number of nitrogens with zero attached hydrogens (tertiary/aromatic N) is 6. The van der Waals surface area contributed by atoms with Crippen molar-refractivity contribution in [2.24, 2.45) is 0 Å². The molecule has 0 bridgehead atoms. The number of thiophene rings is 1. The number of benzene rings is 1. The molecule has 0 radical (unpaired) electrons. The first-order valence-corrected chi connectivity index (χ1v) is 12.5. The van der Waals surface area contributed by atoms with Crippen LogP contribution in [0, 0.1) is 13.8 Å². The molecule has 0 saturated heterocycles. The molecule has 0 aliphatic rings. The summed E-state index contributed by atoms with van der Waals surface area (Å²) in [4.78, 5) is 20.2. The van der Waals surface area contributed by atoms with Crippen molar-refractivity contribution in [3.05, 3.63) is 62.8 Å². The second-order valence-corrected chi connectivity index (χ2v) is 9.81. The summed E-state index contributed by atoms with van der Waals surface area (Å²) in [6, 6.07) is 10.1. The lowest BCUT2D eigenvalue weighted by atomic mass is 10.1. The molecule has 0 saturated carbocycles. The number of thiazole rings is 1. The Kier molecular flexibility index (Phi) is 6.79. The Bertz CT molecular complexity index is 1170. The normalized spacial score (nSPS) is 11.1. The fraction of sp³-hybridized carbons (Fsp3) is 0.286. The van der Waals surface area contributed by atoms with E-state index in [2.05, 4.69) is 33.0 Å². The van der Waals surface area contributed by atoms with Crippen molar-refractivity contribution < 1.29 is 4.79 Å². The molecule has 160 valence electrons. The molecule has 0 N–H and O–H groups in total. The highest BCUT2D eigenvalue weighted by atomic mass is 32.2. The minimum atomic E-state index is -0.0558. The third-order valence-electron chi connectivity index (χ3n) is 4.86. The van der Waals surface area contributed by atoms with Crippen molar-refractivity contribution in [1.29, 1.82) is 0 Å². The van der Waals surface area contributed by atoms with Crippen LogP contribution < -0.4 is 4.90 Å². The Balaban J connectivity index is 1.45. The van der Waals surface area contributed by atoms with E-state index in [1.165, 1.54) is 16.2 Å². The summed E-state index contributed by atoms with van der Waals surface area (Å²) >= 11 is 4.76. The number of rotatable bonds is 8. The van der Waals surface area contributed by atoms with Gasteiger partial charge in [-0.1, -0.05) is 30.0 Å². The molecule has 4 aromatic rings. The van der Waals surface area contributed by atoms with Crippen molar-refractivity contribution in [2.75, 3.05) is 4.90 Å². The average Bonchev–Trinajstić information content (AvgIpc) is 3.50. The van der Waals surface area contributed by atoms with E-state index in [9.17, 15) is 4.79 Å². The van der Waals surface area contributed by atoms with Crippen LogP contribution in [0.2, 0.25) is 0 Å². The van der Waals surface area contributed by atoms with Gasteiger partial charge in [-0.05, 0) is 52.9 Å². The maximum Gasteiger partial charge on any atom is 0.230 e. The van der Waals surface area contributed by atoms with Crippen LogP contribution in [0.3, 0.4) is 0 Å². The van der Waals surface area contributed by atoms with Crippen LogP contribution in [-0.2, 0) is 23.5 Å². The molecule has 1 aromatic carbocycles. The standard InChI is InChI=1S/C21H22N6OS3/c1-14-6-4-8-19(15(14)2)27(16(3)28)20-22-17(12-30-20)13-31-21-23-24-25-26(21)10-9-18-7-5-11-29-18/h4-8,11-12H,9-10,13H2,1-3H3. The van der Waals surface area contributed by atoms with Gasteiger partial charge in [-0.25, -0.2) is 9.67 Å². The third kappa shape index (κ3) is 5.03. The summed E-state index contributed by atoms with van der Waals surface area (Å²) in [6.45, 7) is 6.38. The molecule has 3 heterocycles. The number of thioether (sulfide) groups is 1. The lowest BCUT2D eigenvalue weighted by Gasteiger charge is -2.21. The molecule has 0 fully saturated rings. The molecular weight excluding hydrogens is 448 g/mol. The fourth-order valence-electron chi connectivity index (χ4n) is 3.10. The Labute approximate surface area is 193 Å². The molecule has 4 rings (SSSR count). The summed E-state index contributed by atoms with van der Waals surface area (Å²) in [5, 5.41) is 17.6. The predicted octanol–water partition coefficient (Wildman–Crippen LogP) is 5.03. The van der Waals surface area contributed by atoms with Gasteiger partial charge in [0.2, 0.25) is 11.1 Å². The van der Waals surface area contributed by atoms with Crippen molar-refractivity contribution in [3.63, 3.8) is 0 Å². The summed E-state index contributed by atoms with van der Waals surface area (Å²) < 4.78 is 1.83. The maximum absolute atomic E-state index is 12.4. The predicted molar refractivity (Wildman–Crippen MR) is 126 cm³/mol. The zero-order chi connectivity index (χ0) is 21.8. The Morgan fingerprint density at radius 2 is 2.06 bits per heavy atom. The van der Waals surface area contributed by atoms with Gasteiger partial charge in [0.05, 0.1) is 17.9 Å². The highest BCUT2D eigenvalue weighted by Gasteiger charge is 2.20. The monoisotopic (exact) mass is 470 g/mol. The second-order valence-electron chi connectivity index (χ2n) is 7.00. The fourth-order valence-corrected chi connectivity index (χ4v) is 5.58. The van der Waals surface area contributed by atoms with Crippen molar-refractivity contribution in [3.8, 4) is 0 Å². The van der Waals surface area contributed by atoms with E-state index in [0.29, 0.717) is 10.9 Å². The second kappa shape index (κ2) is 9.71. The SMILES string of the molecule is CC(=O)N(c1nc(CSc2nnnn2CCc2cccs2)cs1)c1cccc(C)c1C. The molecule has 3 aromatic heterocycles. The van der Waals surface area contributed by atoms with Crippen LogP contribution in [0.4, 0.5) is 10.8 Å². The lowest BCUT2D eigenvalue weighted by molar-refractivity contribution is -0.115. The van der Waals surface area contributed by atoms with Crippen LogP contribution in [0.25, 0.3) is 0 Å². The third-order valence-corrected chi connectivity index (χ3v) is 7.66. The molecule has 7 nitrogen and oxygen atoms in total. The molecule has 0 aliphatic carbocycles. The number of carbonyl (C=O) groups excluding carboxylic acids is 1. The van der Waals surface area contributed by atoms with Gasteiger partial charge < -0.3 is 0 Å². The van der Waals surface area contributed by atoms with Gasteiger partial charge in [0.15, 0.2) is 5.13 Å². The molecule has 31 heavy (non-hydrogen) atoms. The van der Waals surface area contributed by atoms with Crippen molar-refractivity contribution in [1.82, 2.24) is 25.2 Å². The summed E-state index contributed by atoms with van der Waals surface area (Å²) in [5.74, 6) is 0.578. The molecule has 0 atom stereocenters. The number of anilines is 2. The van der Waals surface area contributed by atoms with E-state index < -0.39 is 0 Å². The Morgan fingerprint density at radius 1 is 1.19 bits per heavy atom.